The van der Waals surface area contributed by atoms with Crippen molar-refractivity contribution in [1.82, 2.24) is 15.5 Å². The summed E-state index contributed by atoms with van der Waals surface area (Å²) in [5, 5.41) is 6.58. The van der Waals surface area contributed by atoms with Gasteiger partial charge in [0.25, 0.3) is 0 Å². The van der Waals surface area contributed by atoms with Crippen molar-refractivity contribution in [3.63, 3.8) is 0 Å². The molecule has 0 spiro atoms. The lowest BCUT2D eigenvalue weighted by atomic mass is 9.99. The highest BCUT2D eigenvalue weighted by molar-refractivity contribution is 5.79. The maximum Gasteiger partial charge on any atom is 0.387 e. The van der Waals surface area contributed by atoms with E-state index in [-0.39, 0.29) is 5.75 Å². The number of alkyl halides is 2. The molecule has 1 aromatic carbocycles. The van der Waals surface area contributed by atoms with Gasteiger partial charge in [0.05, 0.1) is 7.11 Å². The van der Waals surface area contributed by atoms with Crippen LogP contribution in [0.3, 0.4) is 0 Å². The van der Waals surface area contributed by atoms with Gasteiger partial charge in [0, 0.05) is 20.1 Å². The number of nitrogens with one attached hydrogen (secondary N) is 2. The molecule has 0 saturated carbocycles. The molecule has 0 bridgehead atoms. The van der Waals surface area contributed by atoms with Crippen LogP contribution in [0.5, 0.6) is 11.5 Å². The largest absolute Gasteiger partial charge is 0.493 e. The Kier molecular flexibility index (Phi) is 9.97. The maximum atomic E-state index is 12.5. The predicted molar refractivity (Wildman–Crippen MR) is 112 cm³/mol. The normalized spacial score (nSPS) is 16.1. The first-order chi connectivity index (χ1) is 14.0. The van der Waals surface area contributed by atoms with E-state index in [1.807, 2.05) is 6.07 Å². The van der Waals surface area contributed by atoms with E-state index in [2.05, 4.69) is 32.2 Å². The number of halogens is 2. The van der Waals surface area contributed by atoms with Gasteiger partial charge < -0.3 is 25.0 Å². The van der Waals surface area contributed by atoms with Gasteiger partial charge in [0.2, 0.25) is 0 Å². The van der Waals surface area contributed by atoms with Crippen LogP contribution in [0.4, 0.5) is 8.78 Å². The average Bonchev–Trinajstić information content (AvgIpc) is 2.71. The summed E-state index contributed by atoms with van der Waals surface area (Å²) in [4.78, 5) is 6.76. The summed E-state index contributed by atoms with van der Waals surface area (Å²) >= 11 is 0. The van der Waals surface area contributed by atoms with Gasteiger partial charge in [-0.3, -0.25) is 4.99 Å². The third kappa shape index (κ3) is 8.43. The van der Waals surface area contributed by atoms with Crippen molar-refractivity contribution in [3.8, 4) is 11.5 Å². The summed E-state index contributed by atoms with van der Waals surface area (Å²) in [5.74, 6) is 1.95. The van der Waals surface area contributed by atoms with E-state index < -0.39 is 6.61 Å². The molecule has 6 nitrogen and oxygen atoms in total. The molecule has 1 heterocycles. The van der Waals surface area contributed by atoms with Crippen molar-refractivity contribution in [2.24, 2.45) is 10.9 Å². The van der Waals surface area contributed by atoms with E-state index >= 15 is 0 Å². The highest BCUT2D eigenvalue weighted by Crippen LogP contribution is 2.29. The number of methoxy groups -OCH3 is 1. The quantitative estimate of drug-likeness (QED) is 0.351. The standard InChI is InChI=1S/C21H34F2N4O2/c1-16-8-13-27(14-9-16)12-4-10-25-21(24-2)26-11-7-17-5-6-18(28-3)19(15-17)29-20(22)23/h5-6,15-16,20H,4,7-14H2,1-3H3,(H2,24,25,26). The number of hydrogen-bond donors (Lipinski definition) is 2. The summed E-state index contributed by atoms with van der Waals surface area (Å²) < 4.78 is 34.7. The molecule has 0 amide bonds. The number of aliphatic imine (C=N–C) groups is 1. The molecule has 164 valence electrons. The van der Waals surface area contributed by atoms with Gasteiger partial charge >= 0.3 is 6.61 Å². The van der Waals surface area contributed by atoms with Crippen LogP contribution in [0.2, 0.25) is 0 Å². The van der Waals surface area contributed by atoms with Crippen molar-refractivity contribution in [2.45, 2.75) is 39.2 Å². The first-order valence-electron chi connectivity index (χ1n) is 10.3. The highest BCUT2D eigenvalue weighted by Gasteiger charge is 2.15. The molecule has 1 saturated heterocycles. The van der Waals surface area contributed by atoms with Crippen LogP contribution in [0.15, 0.2) is 23.2 Å². The van der Waals surface area contributed by atoms with E-state index in [0.29, 0.717) is 18.7 Å². The fourth-order valence-electron chi connectivity index (χ4n) is 3.41. The second-order valence-corrected chi connectivity index (χ2v) is 7.42. The zero-order valence-electron chi connectivity index (χ0n) is 17.7. The molecule has 2 rings (SSSR count). The number of guanidine groups is 1. The summed E-state index contributed by atoms with van der Waals surface area (Å²) in [5.41, 5.74) is 0.878. The first-order valence-corrected chi connectivity index (χ1v) is 10.3. The van der Waals surface area contributed by atoms with Gasteiger partial charge in [-0.1, -0.05) is 13.0 Å². The first kappa shape index (κ1) is 23.2. The van der Waals surface area contributed by atoms with Crippen molar-refractivity contribution in [2.75, 3.05) is 46.9 Å². The number of ether oxygens (including phenoxy) is 2. The van der Waals surface area contributed by atoms with Crippen LogP contribution in [0.1, 0.15) is 31.7 Å². The zero-order chi connectivity index (χ0) is 21.1. The lowest BCUT2D eigenvalue weighted by Gasteiger charge is -2.30. The third-order valence-corrected chi connectivity index (χ3v) is 5.19. The van der Waals surface area contributed by atoms with Crippen LogP contribution >= 0.6 is 0 Å². The topological polar surface area (TPSA) is 58.1 Å². The fourth-order valence-corrected chi connectivity index (χ4v) is 3.41. The lowest BCUT2D eigenvalue weighted by molar-refractivity contribution is -0.0512. The Morgan fingerprint density at radius 1 is 1.21 bits per heavy atom. The number of benzene rings is 1. The van der Waals surface area contributed by atoms with Crippen molar-refractivity contribution < 1.29 is 18.3 Å². The van der Waals surface area contributed by atoms with Crippen LogP contribution < -0.4 is 20.1 Å². The molecule has 1 aliphatic heterocycles. The van der Waals surface area contributed by atoms with Gasteiger partial charge in [-0.2, -0.15) is 8.78 Å². The summed E-state index contributed by atoms with van der Waals surface area (Å²) in [7, 11) is 3.17. The van der Waals surface area contributed by atoms with Crippen LogP contribution in [-0.4, -0.2) is 64.4 Å². The third-order valence-electron chi connectivity index (χ3n) is 5.19. The molecule has 0 unspecified atom stereocenters. The molecule has 29 heavy (non-hydrogen) atoms. The second-order valence-electron chi connectivity index (χ2n) is 7.42. The average molecular weight is 413 g/mol. The van der Waals surface area contributed by atoms with E-state index in [1.165, 1.54) is 33.0 Å². The Hall–Kier alpha value is -2.09. The molecule has 0 atom stereocenters. The fraction of sp³-hybridized carbons (Fsp3) is 0.667. The van der Waals surface area contributed by atoms with Crippen molar-refractivity contribution >= 4 is 5.96 Å². The van der Waals surface area contributed by atoms with Gasteiger partial charge in [-0.15, -0.1) is 0 Å². The minimum absolute atomic E-state index is 0.0506. The summed E-state index contributed by atoms with van der Waals surface area (Å²) in [6, 6.07) is 5.07. The molecule has 1 aliphatic rings. The number of piperidine rings is 1. The molecule has 0 aliphatic carbocycles. The smallest absolute Gasteiger partial charge is 0.387 e. The minimum Gasteiger partial charge on any atom is -0.493 e. The number of rotatable bonds is 10. The van der Waals surface area contributed by atoms with Crippen LogP contribution in [0.25, 0.3) is 0 Å². The van der Waals surface area contributed by atoms with Crippen molar-refractivity contribution in [3.05, 3.63) is 23.8 Å². The Bertz CT molecular complexity index is 635. The Morgan fingerprint density at radius 3 is 2.59 bits per heavy atom. The molecule has 8 heteroatoms. The zero-order valence-corrected chi connectivity index (χ0v) is 17.7. The SMILES string of the molecule is CN=C(NCCCN1CCC(C)CC1)NCCc1ccc(OC)c(OC(F)F)c1. The summed E-state index contributed by atoms with van der Waals surface area (Å²) in [6.07, 6.45) is 4.32. The highest BCUT2D eigenvalue weighted by atomic mass is 19.3. The minimum atomic E-state index is -2.88. The number of likely N-dealkylation sites (tertiary alicyclic amines) is 1. The molecule has 2 N–H and O–H groups in total. The number of hydrogen-bond acceptors (Lipinski definition) is 4. The Balaban J connectivity index is 1.68. The van der Waals surface area contributed by atoms with Gasteiger partial charge in [-0.05, 0) is 68.9 Å². The van der Waals surface area contributed by atoms with Gasteiger partial charge in [0.1, 0.15) is 0 Å². The molecule has 1 aromatic rings. The lowest BCUT2D eigenvalue weighted by Crippen LogP contribution is -2.40. The van der Waals surface area contributed by atoms with E-state index in [9.17, 15) is 8.78 Å². The van der Waals surface area contributed by atoms with Crippen LogP contribution in [-0.2, 0) is 6.42 Å². The second kappa shape index (κ2) is 12.5. The predicted octanol–water partition coefficient (Wildman–Crippen LogP) is 3.13. The van der Waals surface area contributed by atoms with Crippen LogP contribution in [0, 0.1) is 5.92 Å². The monoisotopic (exact) mass is 412 g/mol. The van der Waals surface area contributed by atoms with Gasteiger partial charge in [-0.25, -0.2) is 0 Å². The molecule has 0 radical (unpaired) electrons. The summed E-state index contributed by atoms with van der Waals surface area (Å²) in [6.45, 7) is 4.45. The van der Waals surface area contributed by atoms with E-state index in [4.69, 9.17) is 4.74 Å². The molecular weight excluding hydrogens is 378 g/mol. The van der Waals surface area contributed by atoms with Crippen molar-refractivity contribution in [1.29, 1.82) is 0 Å². The molecule has 1 fully saturated rings. The van der Waals surface area contributed by atoms with E-state index in [0.717, 1.165) is 37.0 Å². The van der Waals surface area contributed by atoms with E-state index in [1.54, 1.807) is 19.2 Å². The maximum absolute atomic E-state index is 12.5. The molecule has 0 aromatic heterocycles. The Labute approximate surface area is 172 Å². The van der Waals surface area contributed by atoms with Gasteiger partial charge in [0.15, 0.2) is 17.5 Å². The Morgan fingerprint density at radius 2 is 1.93 bits per heavy atom. The number of nitrogens with zero attached hydrogens (tertiary/aromatic N) is 2. The molecular formula is C21H34F2N4O2.